The van der Waals surface area contributed by atoms with Crippen LogP contribution in [-0.2, 0) is 0 Å². The van der Waals surface area contributed by atoms with Gasteiger partial charge in [0.05, 0.1) is 11.2 Å². The topological polar surface area (TPSA) is 42.2 Å². The lowest BCUT2D eigenvalue weighted by molar-refractivity contribution is 0.851. The van der Waals surface area contributed by atoms with Crippen molar-refractivity contribution >= 4 is 22.4 Å². The Morgan fingerprint density at radius 3 is 2.47 bits per heavy atom. The molecule has 3 nitrogen and oxygen atoms in total. The zero-order valence-electron chi connectivity index (χ0n) is 10.7. The summed E-state index contributed by atoms with van der Waals surface area (Å²) < 4.78 is 0. The third kappa shape index (κ3) is 1.93. The highest BCUT2D eigenvalue weighted by Gasteiger charge is 2.12. The molecule has 0 saturated carbocycles. The second-order valence-corrected chi connectivity index (χ2v) is 4.16. The molecule has 2 N–H and O–H groups in total. The second-order valence-electron chi connectivity index (χ2n) is 4.16. The number of anilines is 2. The summed E-state index contributed by atoms with van der Waals surface area (Å²) in [7, 11) is 0. The molecule has 0 amide bonds. The fourth-order valence-electron chi connectivity index (χ4n) is 2.14. The minimum absolute atomic E-state index is 0.799. The van der Waals surface area contributed by atoms with Crippen molar-refractivity contribution < 1.29 is 0 Å². The van der Waals surface area contributed by atoms with Gasteiger partial charge in [0.1, 0.15) is 0 Å². The molecule has 1 aromatic heterocycles. The summed E-state index contributed by atoms with van der Waals surface area (Å²) in [6.07, 6.45) is 0. The SMILES string of the molecule is CCN(CC)c1nc2ccccc2c(C)c1N. The Morgan fingerprint density at radius 2 is 1.82 bits per heavy atom. The first-order chi connectivity index (χ1) is 8.19. The summed E-state index contributed by atoms with van der Waals surface area (Å²) in [5, 5.41) is 1.14. The second kappa shape index (κ2) is 4.62. The maximum Gasteiger partial charge on any atom is 0.152 e. The smallest absolute Gasteiger partial charge is 0.152 e. The number of fused-ring (bicyclic) bond motifs is 1. The van der Waals surface area contributed by atoms with Crippen molar-refractivity contribution in [1.82, 2.24) is 4.98 Å². The van der Waals surface area contributed by atoms with Crippen LogP contribution in [0.3, 0.4) is 0 Å². The van der Waals surface area contributed by atoms with Crippen LogP contribution in [-0.4, -0.2) is 18.1 Å². The molecule has 0 aliphatic carbocycles. The lowest BCUT2D eigenvalue weighted by Gasteiger charge is -2.23. The van der Waals surface area contributed by atoms with E-state index in [0.29, 0.717) is 0 Å². The van der Waals surface area contributed by atoms with E-state index in [-0.39, 0.29) is 0 Å². The van der Waals surface area contributed by atoms with Gasteiger partial charge in [0, 0.05) is 18.5 Å². The summed E-state index contributed by atoms with van der Waals surface area (Å²) in [6, 6.07) is 8.14. The van der Waals surface area contributed by atoms with E-state index in [1.54, 1.807) is 0 Å². The van der Waals surface area contributed by atoms with Gasteiger partial charge in [0.2, 0.25) is 0 Å². The monoisotopic (exact) mass is 229 g/mol. The minimum atomic E-state index is 0.799. The van der Waals surface area contributed by atoms with Crippen molar-refractivity contribution in [3.05, 3.63) is 29.8 Å². The summed E-state index contributed by atoms with van der Waals surface area (Å²) in [4.78, 5) is 6.87. The molecule has 2 aromatic rings. The van der Waals surface area contributed by atoms with Crippen LogP contribution in [0.15, 0.2) is 24.3 Å². The molecule has 0 unspecified atom stereocenters. The maximum absolute atomic E-state index is 6.20. The fraction of sp³-hybridized carbons (Fsp3) is 0.357. The van der Waals surface area contributed by atoms with Crippen LogP contribution >= 0.6 is 0 Å². The van der Waals surface area contributed by atoms with Gasteiger partial charge in [-0.2, -0.15) is 0 Å². The lowest BCUT2D eigenvalue weighted by atomic mass is 10.1. The lowest BCUT2D eigenvalue weighted by Crippen LogP contribution is -2.24. The van der Waals surface area contributed by atoms with Gasteiger partial charge in [-0.3, -0.25) is 0 Å². The van der Waals surface area contributed by atoms with Gasteiger partial charge in [-0.05, 0) is 32.4 Å². The standard InChI is InChI=1S/C14H19N3/c1-4-17(5-2)14-13(15)10(3)11-8-6-7-9-12(11)16-14/h6-9H,4-5,15H2,1-3H3. The van der Waals surface area contributed by atoms with E-state index < -0.39 is 0 Å². The van der Waals surface area contributed by atoms with Crippen molar-refractivity contribution in [1.29, 1.82) is 0 Å². The van der Waals surface area contributed by atoms with Crippen LogP contribution in [0, 0.1) is 6.92 Å². The Hall–Kier alpha value is -1.77. The Morgan fingerprint density at radius 1 is 1.18 bits per heavy atom. The van der Waals surface area contributed by atoms with E-state index in [1.165, 1.54) is 0 Å². The van der Waals surface area contributed by atoms with Crippen molar-refractivity contribution in [2.75, 3.05) is 23.7 Å². The number of hydrogen-bond donors (Lipinski definition) is 1. The van der Waals surface area contributed by atoms with E-state index in [0.717, 1.165) is 41.1 Å². The maximum atomic E-state index is 6.20. The molecule has 0 bridgehead atoms. The first-order valence-electron chi connectivity index (χ1n) is 6.08. The molecule has 0 spiro atoms. The molecule has 17 heavy (non-hydrogen) atoms. The van der Waals surface area contributed by atoms with Gasteiger partial charge < -0.3 is 10.6 Å². The molecule has 2 rings (SSSR count). The quantitative estimate of drug-likeness (QED) is 0.879. The first kappa shape index (κ1) is 11.7. The summed E-state index contributed by atoms with van der Waals surface area (Å²) >= 11 is 0. The largest absolute Gasteiger partial charge is 0.396 e. The van der Waals surface area contributed by atoms with Gasteiger partial charge in [-0.15, -0.1) is 0 Å². The molecule has 0 saturated heterocycles. The molecule has 0 radical (unpaired) electrons. The molecule has 0 aliphatic heterocycles. The minimum Gasteiger partial charge on any atom is -0.396 e. The zero-order chi connectivity index (χ0) is 12.4. The van der Waals surface area contributed by atoms with E-state index >= 15 is 0 Å². The zero-order valence-corrected chi connectivity index (χ0v) is 10.7. The van der Waals surface area contributed by atoms with E-state index in [2.05, 4.69) is 36.7 Å². The van der Waals surface area contributed by atoms with E-state index in [1.807, 2.05) is 18.2 Å². The van der Waals surface area contributed by atoms with Gasteiger partial charge >= 0.3 is 0 Å². The predicted molar refractivity (Wildman–Crippen MR) is 74.5 cm³/mol. The Balaban J connectivity index is 2.69. The van der Waals surface area contributed by atoms with Crippen molar-refractivity contribution in [2.45, 2.75) is 20.8 Å². The number of nitrogens with two attached hydrogens (primary N) is 1. The van der Waals surface area contributed by atoms with Crippen molar-refractivity contribution in [3.8, 4) is 0 Å². The molecule has 1 aromatic carbocycles. The highest BCUT2D eigenvalue weighted by Crippen LogP contribution is 2.30. The number of benzene rings is 1. The van der Waals surface area contributed by atoms with Crippen LogP contribution in [0.2, 0.25) is 0 Å². The molecular formula is C14H19N3. The highest BCUT2D eigenvalue weighted by atomic mass is 15.2. The van der Waals surface area contributed by atoms with Gasteiger partial charge in [-0.1, -0.05) is 18.2 Å². The summed E-state index contributed by atoms with van der Waals surface area (Å²) in [6.45, 7) is 8.15. The Kier molecular flexibility index (Phi) is 3.18. The van der Waals surface area contributed by atoms with Gasteiger partial charge in [-0.25, -0.2) is 4.98 Å². The number of para-hydroxylation sites is 1. The molecule has 3 heteroatoms. The van der Waals surface area contributed by atoms with Crippen molar-refractivity contribution in [3.63, 3.8) is 0 Å². The van der Waals surface area contributed by atoms with Gasteiger partial charge in [0.15, 0.2) is 5.82 Å². The molecule has 0 fully saturated rings. The Labute approximate surface area is 102 Å². The Bertz CT molecular complexity index is 530. The third-order valence-electron chi connectivity index (χ3n) is 3.24. The fourth-order valence-corrected chi connectivity index (χ4v) is 2.14. The van der Waals surface area contributed by atoms with Gasteiger partial charge in [0.25, 0.3) is 0 Å². The molecule has 0 aliphatic rings. The van der Waals surface area contributed by atoms with Crippen LogP contribution in [0.4, 0.5) is 11.5 Å². The van der Waals surface area contributed by atoms with Crippen molar-refractivity contribution in [2.24, 2.45) is 0 Å². The summed E-state index contributed by atoms with van der Waals surface area (Å²) in [5.41, 5.74) is 9.13. The number of nitrogen functional groups attached to an aromatic ring is 1. The average molecular weight is 229 g/mol. The third-order valence-corrected chi connectivity index (χ3v) is 3.24. The predicted octanol–water partition coefficient (Wildman–Crippen LogP) is 2.97. The molecule has 1 heterocycles. The number of aromatic nitrogens is 1. The number of hydrogen-bond acceptors (Lipinski definition) is 3. The average Bonchev–Trinajstić information content (AvgIpc) is 2.37. The number of rotatable bonds is 3. The summed E-state index contributed by atoms with van der Waals surface area (Å²) in [5.74, 6) is 0.909. The van der Waals surface area contributed by atoms with Crippen LogP contribution in [0.25, 0.3) is 10.9 Å². The number of pyridine rings is 1. The first-order valence-corrected chi connectivity index (χ1v) is 6.08. The van der Waals surface area contributed by atoms with E-state index in [4.69, 9.17) is 5.73 Å². The normalized spacial score (nSPS) is 10.8. The molecule has 0 atom stereocenters. The van der Waals surface area contributed by atoms with Crippen LogP contribution in [0.5, 0.6) is 0 Å². The number of nitrogens with zero attached hydrogens (tertiary/aromatic N) is 2. The highest BCUT2D eigenvalue weighted by molar-refractivity contribution is 5.90. The molecule has 90 valence electrons. The van der Waals surface area contributed by atoms with Crippen LogP contribution in [0.1, 0.15) is 19.4 Å². The van der Waals surface area contributed by atoms with Crippen LogP contribution < -0.4 is 10.6 Å². The number of aryl methyl sites for hydroxylation is 1. The molecular weight excluding hydrogens is 210 g/mol. The van der Waals surface area contributed by atoms with E-state index in [9.17, 15) is 0 Å².